The van der Waals surface area contributed by atoms with E-state index in [2.05, 4.69) is 21.2 Å². The monoisotopic (exact) mass is 315 g/mol. The van der Waals surface area contributed by atoms with E-state index in [9.17, 15) is 4.39 Å². The van der Waals surface area contributed by atoms with Crippen molar-refractivity contribution in [2.75, 3.05) is 20.3 Å². The predicted octanol–water partition coefficient (Wildman–Crippen LogP) is 3.67. The SMILES string of the molecule is CNC(CC1CCOCC1)c1cc(F)ccc1Br. The topological polar surface area (TPSA) is 21.3 Å². The van der Waals surface area contributed by atoms with Gasteiger partial charge in [0.1, 0.15) is 5.82 Å². The van der Waals surface area contributed by atoms with Gasteiger partial charge < -0.3 is 10.1 Å². The molecule has 1 aromatic carbocycles. The molecule has 0 aliphatic carbocycles. The summed E-state index contributed by atoms with van der Waals surface area (Å²) in [5.41, 5.74) is 1.00. The Kier molecular flexibility index (Phi) is 5.15. The second-order valence-corrected chi connectivity index (χ2v) is 5.65. The average molecular weight is 316 g/mol. The van der Waals surface area contributed by atoms with Crippen molar-refractivity contribution in [3.8, 4) is 0 Å². The number of ether oxygens (including phenoxy) is 1. The summed E-state index contributed by atoms with van der Waals surface area (Å²) >= 11 is 3.51. The minimum atomic E-state index is -0.180. The highest BCUT2D eigenvalue weighted by Crippen LogP contribution is 2.31. The van der Waals surface area contributed by atoms with Crippen molar-refractivity contribution in [2.24, 2.45) is 5.92 Å². The Bertz CT molecular complexity index is 393. The first-order chi connectivity index (χ1) is 8.70. The van der Waals surface area contributed by atoms with Crippen LogP contribution in [0.2, 0.25) is 0 Å². The summed E-state index contributed by atoms with van der Waals surface area (Å²) in [5.74, 6) is 0.479. The van der Waals surface area contributed by atoms with Crippen LogP contribution in [0.25, 0.3) is 0 Å². The Morgan fingerprint density at radius 2 is 2.17 bits per heavy atom. The third-order valence-electron chi connectivity index (χ3n) is 3.59. The van der Waals surface area contributed by atoms with Crippen molar-refractivity contribution in [1.29, 1.82) is 0 Å². The van der Waals surface area contributed by atoms with Gasteiger partial charge in [-0.2, -0.15) is 0 Å². The maximum Gasteiger partial charge on any atom is 0.123 e. The van der Waals surface area contributed by atoms with Crippen molar-refractivity contribution in [2.45, 2.75) is 25.3 Å². The van der Waals surface area contributed by atoms with Gasteiger partial charge in [-0.25, -0.2) is 4.39 Å². The summed E-state index contributed by atoms with van der Waals surface area (Å²) in [7, 11) is 1.93. The van der Waals surface area contributed by atoms with Crippen LogP contribution in [0.3, 0.4) is 0 Å². The molecule has 2 nitrogen and oxygen atoms in total. The van der Waals surface area contributed by atoms with Crippen LogP contribution in [0.4, 0.5) is 4.39 Å². The fraction of sp³-hybridized carbons (Fsp3) is 0.571. The zero-order valence-electron chi connectivity index (χ0n) is 10.6. The molecule has 4 heteroatoms. The van der Waals surface area contributed by atoms with Gasteiger partial charge in [0.15, 0.2) is 0 Å². The lowest BCUT2D eigenvalue weighted by Gasteiger charge is -2.27. The lowest BCUT2D eigenvalue weighted by molar-refractivity contribution is 0.0607. The van der Waals surface area contributed by atoms with Gasteiger partial charge in [-0.15, -0.1) is 0 Å². The summed E-state index contributed by atoms with van der Waals surface area (Å²) in [6.07, 6.45) is 3.23. The Balaban J connectivity index is 2.09. The quantitative estimate of drug-likeness (QED) is 0.915. The maximum atomic E-state index is 13.4. The molecule has 0 aromatic heterocycles. The Morgan fingerprint density at radius 1 is 1.44 bits per heavy atom. The van der Waals surface area contributed by atoms with Crippen LogP contribution in [0.15, 0.2) is 22.7 Å². The molecule has 1 aliphatic heterocycles. The summed E-state index contributed by atoms with van der Waals surface area (Å²) < 4.78 is 19.7. The van der Waals surface area contributed by atoms with E-state index in [1.165, 1.54) is 6.07 Å². The molecule has 1 heterocycles. The van der Waals surface area contributed by atoms with Crippen LogP contribution in [0, 0.1) is 11.7 Å². The van der Waals surface area contributed by atoms with Crippen molar-refractivity contribution >= 4 is 15.9 Å². The highest BCUT2D eigenvalue weighted by molar-refractivity contribution is 9.10. The lowest BCUT2D eigenvalue weighted by Crippen LogP contribution is -2.24. The second kappa shape index (κ2) is 6.64. The third kappa shape index (κ3) is 3.53. The Hall–Kier alpha value is -0.450. The molecule has 2 rings (SSSR count). The van der Waals surface area contributed by atoms with Crippen LogP contribution < -0.4 is 5.32 Å². The van der Waals surface area contributed by atoms with E-state index in [-0.39, 0.29) is 11.9 Å². The van der Waals surface area contributed by atoms with Gasteiger partial charge in [-0.1, -0.05) is 15.9 Å². The molecule has 0 radical (unpaired) electrons. The highest BCUT2D eigenvalue weighted by atomic mass is 79.9. The summed E-state index contributed by atoms with van der Waals surface area (Å²) in [5, 5.41) is 3.30. The number of halogens is 2. The molecule has 18 heavy (non-hydrogen) atoms. The molecule has 1 unspecified atom stereocenters. The lowest BCUT2D eigenvalue weighted by atomic mass is 9.89. The van der Waals surface area contributed by atoms with E-state index < -0.39 is 0 Å². The van der Waals surface area contributed by atoms with Gasteiger partial charge in [-0.3, -0.25) is 0 Å². The van der Waals surface area contributed by atoms with Crippen molar-refractivity contribution in [3.63, 3.8) is 0 Å². The first-order valence-corrected chi connectivity index (χ1v) is 7.20. The third-order valence-corrected chi connectivity index (χ3v) is 4.31. The second-order valence-electron chi connectivity index (χ2n) is 4.80. The molecule has 1 atom stereocenters. The van der Waals surface area contributed by atoms with Crippen LogP contribution in [0.1, 0.15) is 30.9 Å². The van der Waals surface area contributed by atoms with Crippen LogP contribution in [0.5, 0.6) is 0 Å². The fourth-order valence-electron chi connectivity index (χ4n) is 2.50. The van der Waals surface area contributed by atoms with Crippen molar-refractivity contribution < 1.29 is 9.13 Å². The average Bonchev–Trinajstić information content (AvgIpc) is 2.40. The number of rotatable bonds is 4. The minimum absolute atomic E-state index is 0.180. The van der Waals surface area contributed by atoms with Gasteiger partial charge in [-0.05, 0) is 56.0 Å². The Morgan fingerprint density at radius 3 is 2.83 bits per heavy atom. The molecular formula is C14H19BrFNO. The Labute approximate surface area is 116 Å². The van der Waals surface area contributed by atoms with E-state index in [4.69, 9.17) is 4.74 Å². The summed E-state index contributed by atoms with van der Waals surface area (Å²) in [6, 6.07) is 5.07. The van der Waals surface area contributed by atoms with E-state index in [0.29, 0.717) is 5.92 Å². The van der Waals surface area contributed by atoms with Gasteiger partial charge >= 0.3 is 0 Å². The number of benzene rings is 1. The molecule has 100 valence electrons. The molecule has 0 spiro atoms. The number of hydrogen-bond acceptors (Lipinski definition) is 2. The molecule has 1 fully saturated rings. The van der Waals surface area contributed by atoms with E-state index in [1.807, 2.05) is 7.05 Å². The predicted molar refractivity (Wildman–Crippen MR) is 74.1 cm³/mol. The number of nitrogens with one attached hydrogen (secondary N) is 1. The first kappa shape index (κ1) is 14.0. The zero-order valence-corrected chi connectivity index (χ0v) is 12.2. The smallest absolute Gasteiger partial charge is 0.123 e. The largest absolute Gasteiger partial charge is 0.381 e. The normalized spacial score (nSPS) is 18.8. The fourth-order valence-corrected chi connectivity index (χ4v) is 3.02. The minimum Gasteiger partial charge on any atom is -0.381 e. The highest BCUT2D eigenvalue weighted by Gasteiger charge is 2.21. The number of hydrogen-bond donors (Lipinski definition) is 1. The molecule has 1 saturated heterocycles. The van der Waals surface area contributed by atoms with E-state index >= 15 is 0 Å². The molecule has 1 N–H and O–H groups in total. The van der Waals surface area contributed by atoms with E-state index in [1.54, 1.807) is 12.1 Å². The van der Waals surface area contributed by atoms with Gasteiger partial charge in [0, 0.05) is 23.7 Å². The standard InChI is InChI=1S/C14H19BrFNO/c1-17-14(8-10-4-6-18-7-5-10)12-9-11(16)2-3-13(12)15/h2-3,9-10,14,17H,4-8H2,1H3. The van der Waals surface area contributed by atoms with Gasteiger partial charge in [0.25, 0.3) is 0 Å². The molecule has 0 bridgehead atoms. The zero-order chi connectivity index (χ0) is 13.0. The van der Waals surface area contributed by atoms with Crippen LogP contribution in [-0.4, -0.2) is 20.3 Å². The molecule has 0 saturated carbocycles. The summed E-state index contributed by atoms with van der Waals surface area (Å²) in [4.78, 5) is 0. The molecule has 1 aliphatic rings. The van der Waals surface area contributed by atoms with E-state index in [0.717, 1.165) is 42.5 Å². The van der Waals surface area contributed by atoms with Crippen molar-refractivity contribution in [1.82, 2.24) is 5.32 Å². The van der Waals surface area contributed by atoms with Crippen LogP contribution >= 0.6 is 15.9 Å². The maximum absolute atomic E-state index is 13.4. The molecule has 0 amide bonds. The van der Waals surface area contributed by atoms with Gasteiger partial charge in [0.05, 0.1) is 0 Å². The van der Waals surface area contributed by atoms with Crippen molar-refractivity contribution in [3.05, 3.63) is 34.1 Å². The van der Waals surface area contributed by atoms with Gasteiger partial charge in [0.2, 0.25) is 0 Å². The summed E-state index contributed by atoms with van der Waals surface area (Å²) in [6.45, 7) is 1.71. The molecular weight excluding hydrogens is 297 g/mol. The van der Waals surface area contributed by atoms with Crippen LogP contribution in [-0.2, 0) is 4.74 Å². The molecule has 1 aromatic rings. The first-order valence-electron chi connectivity index (χ1n) is 6.40.